The van der Waals surface area contributed by atoms with Gasteiger partial charge in [0.2, 0.25) is 5.91 Å². The van der Waals surface area contributed by atoms with E-state index >= 15 is 0 Å². The van der Waals surface area contributed by atoms with Crippen LogP contribution in [-0.4, -0.2) is 31.4 Å². The third-order valence-electron chi connectivity index (χ3n) is 5.32. The van der Waals surface area contributed by atoms with Crippen LogP contribution in [0, 0.1) is 5.92 Å². The molecule has 0 N–H and O–H groups in total. The number of ether oxygens (including phenoxy) is 3. The first kappa shape index (κ1) is 21.8. The lowest BCUT2D eigenvalue weighted by atomic mass is 9.96. The van der Waals surface area contributed by atoms with E-state index in [1.807, 2.05) is 25.1 Å². The number of carbonyl (C=O) groups excluding carboxylic acids is 1. The summed E-state index contributed by atoms with van der Waals surface area (Å²) in [5.74, 6) is 0.822. The molecule has 8 heteroatoms. The Balaban J connectivity index is 1.91. The minimum atomic E-state index is -4.74. The zero-order valence-electron chi connectivity index (χ0n) is 17.0. The number of hydrogen-bond donors (Lipinski definition) is 0. The van der Waals surface area contributed by atoms with Crippen molar-refractivity contribution in [2.75, 3.05) is 14.2 Å². The molecule has 1 fully saturated rings. The van der Waals surface area contributed by atoms with E-state index in [1.54, 1.807) is 19.1 Å². The molecule has 0 spiro atoms. The summed E-state index contributed by atoms with van der Waals surface area (Å²) in [6, 6.07) is 10.8. The molecule has 3 rings (SSSR count). The summed E-state index contributed by atoms with van der Waals surface area (Å²) in [5.41, 5.74) is 1.50. The monoisotopic (exact) mass is 423 g/mol. The lowest BCUT2D eigenvalue weighted by Crippen LogP contribution is -2.29. The Morgan fingerprint density at radius 2 is 1.63 bits per heavy atom. The Kier molecular flexibility index (Phi) is 6.43. The van der Waals surface area contributed by atoms with E-state index in [9.17, 15) is 18.0 Å². The lowest BCUT2D eigenvalue weighted by Gasteiger charge is -2.28. The molecule has 162 valence electrons. The number of likely N-dealkylation sites (tertiary alicyclic amines) is 1. The highest BCUT2D eigenvalue weighted by atomic mass is 19.4. The second kappa shape index (κ2) is 8.85. The number of alkyl halides is 3. The van der Waals surface area contributed by atoms with Crippen molar-refractivity contribution in [2.24, 2.45) is 5.92 Å². The van der Waals surface area contributed by atoms with Crippen LogP contribution in [0.4, 0.5) is 13.2 Å². The Labute approximate surface area is 173 Å². The molecule has 2 unspecified atom stereocenters. The smallest absolute Gasteiger partial charge is 0.496 e. The number of nitrogens with zero attached hydrogens (tertiary/aromatic N) is 1. The molecular formula is C22H24F3NO4. The molecule has 1 aliphatic heterocycles. The fraction of sp³-hybridized carbons (Fsp3) is 0.409. The third-order valence-corrected chi connectivity index (χ3v) is 5.32. The topological polar surface area (TPSA) is 48.0 Å². The Bertz CT molecular complexity index is 861. The standard InChI is InChI=1S/C22H24F3NO4/c1-4-15-12-17(20-18(28-2)6-5-7-19(20)29-3)26(21(15)27)13-14-8-10-16(11-9-14)30-22(23,24)25/h5-11,15,17H,4,12-13H2,1-3H3. The van der Waals surface area contributed by atoms with Gasteiger partial charge >= 0.3 is 6.36 Å². The number of carbonyl (C=O) groups is 1. The highest BCUT2D eigenvalue weighted by Crippen LogP contribution is 2.46. The van der Waals surface area contributed by atoms with Crippen molar-refractivity contribution in [1.82, 2.24) is 4.90 Å². The molecule has 1 amide bonds. The van der Waals surface area contributed by atoms with Gasteiger partial charge in [0, 0.05) is 12.5 Å². The zero-order valence-corrected chi connectivity index (χ0v) is 17.0. The normalized spacial score (nSPS) is 19.1. The van der Waals surface area contributed by atoms with Gasteiger partial charge in [0.05, 0.1) is 25.8 Å². The summed E-state index contributed by atoms with van der Waals surface area (Å²) >= 11 is 0. The van der Waals surface area contributed by atoms with Gasteiger partial charge in [0.15, 0.2) is 0 Å². The van der Waals surface area contributed by atoms with Crippen LogP contribution in [0.25, 0.3) is 0 Å². The summed E-state index contributed by atoms with van der Waals surface area (Å²) < 4.78 is 52.1. The van der Waals surface area contributed by atoms with Crippen molar-refractivity contribution in [3.63, 3.8) is 0 Å². The Morgan fingerprint density at radius 1 is 1.03 bits per heavy atom. The lowest BCUT2D eigenvalue weighted by molar-refractivity contribution is -0.274. The maximum Gasteiger partial charge on any atom is 0.573 e. The minimum absolute atomic E-state index is 0.00563. The van der Waals surface area contributed by atoms with Gasteiger partial charge in [0.1, 0.15) is 17.2 Å². The highest BCUT2D eigenvalue weighted by Gasteiger charge is 2.41. The van der Waals surface area contributed by atoms with Gasteiger partial charge in [-0.05, 0) is 42.7 Å². The molecule has 2 atom stereocenters. The first-order chi connectivity index (χ1) is 14.3. The predicted molar refractivity (Wildman–Crippen MR) is 104 cm³/mol. The molecular weight excluding hydrogens is 399 g/mol. The Hall–Kier alpha value is -2.90. The fourth-order valence-electron chi connectivity index (χ4n) is 3.89. The second-order valence-corrected chi connectivity index (χ2v) is 7.09. The summed E-state index contributed by atoms with van der Waals surface area (Å²) in [6.45, 7) is 2.22. The Morgan fingerprint density at radius 3 is 2.13 bits per heavy atom. The van der Waals surface area contributed by atoms with E-state index in [0.717, 1.165) is 5.56 Å². The van der Waals surface area contributed by atoms with Crippen LogP contribution in [0.5, 0.6) is 17.2 Å². The molecule has 5 nitrogen and oxygen atoms in total. The van der Waals surface area contributed by atoms with E-state index in [2.05, 4.69) is 4.74 Å². The molecule has 0 saturated carbocycles. The first-order valence-corrected chi connectivity index (χ1v) is 9.63. The number of amides is 1. The van der Waals surface area contributed by atoms with Crippen LogP contribution in [0.3, 0.4) is 0 Å². The molecule has 30 heavy (non-hydrogen) atoms. The van der Waals surface area contributed by atoms with Gasteiger partial charge < -0.3 is 19.1 Å². The number of hydrogen-bond acceptors (Lipinski definition) is 4. The van der Waals surface area contributed by atoms with Crippen molar-refractivity contribution in [3.8, 4) is 17.2 Å². The number of benzene rings is 2. The molecule has 1 saturated heterocycles. The maximum atomic E-state index is 13.0. The largest absolute Gasteiger partial charge is 0.573 e. The molecule has 0 bridgehead atoms. The van der Waals surface area contributed by atoms with Gasteiger partial charge in [-0.3, -0.25) is 4.79 Å². The third kappa shape index (κ3) is 4.63. The van der Waals surface area contributed by atoms with Crippen molar-refractivity contribution in [1.29, 1.82) is 0 Å². The van der Waals surface area contributed by atoms with E-state index in [4.69, 9.17) is 9.47 Å². The van der Waals surface area contributed by atoms with Crippen LogP contribution >= 0.6 is 0 Å². The molecule has 0 aromatic heterocycles. The van der Waals surface area contributed by atoms with Gasteiger partial charge in [-0.15, -0.1) is 13.2 Å². The number of halogens is 3. The number of methoxy groups -OCH3 is 2. The average molecular weight is 423 g/mol. The van der Waals surface area contributed by atoms with E-state index < -0.39 is 6.36 Å². The van der Waals surface area contributed by atoms with Gasteiger partial charge in [-0.2, -0.15) is 0 Å². The maximum absolute atomic E-state index is 13.0. The second-order valence-electron chi connectivity index (χ2n) is 7.09. The van der Waals surface area contributed by atoms with Crippen LogP contribution in [0.15, 0.2) is 42.5 Å². The minimum Gasteiger partial charge on any atom is -0.496 e. The summed E-state index contributed by atoms with van der Waals surface area (Å²) in [5, 5.41) is 0. The summed E-state index contributed by atoms with van der Waals surface area (Å²) in [4.78, 5) is 14.8. The van der Waals surface area contributed by atoms with Crippen LogP contribution in [0.2, 0.25) is 0 Å². The molecule has 2 aromatic rings. The van der Waals surface area contributed by atoms with Crippen molar-refractivity contribution in [2.45, 2.75) is 38.7 Å². The molecule has 0 radical (unpaired) electrons. The molecule has 1 aliphatic rings. The quantitative estimate of drug-likeness (QED) is 0.622. The molecule has 0 aliphatic carbocycles. The van der Waals surface area contributed by atoms with Crippen LogP contribution in [0.1, 0.15) is 36.9 Å². The molecule has 2 aromatic carbocycles. The summed E-state index contributed by atoms with van der Waals surface area (Å²) in [6.07, 6.45) is -3.44. The van der Waals surface area contributed by atoms with E-state index in [-0.39, 0.29) is 30.2 Å². The van der Waals surface area contributed by atoms with E-state index in [0.29, 0.717) is 29.9 Å². The van der Waals surface area contributed by atoms with Crippen molar-refractivity contribution >= 4 is 5.91 Å². The molecule has 1 heterocycles. The van der Waals surface area contributed by atoms with Crippen LogP contribution < -0.4 is 14.2 Å². The van der Waals surface area contributed by atoms with E-state index in [1.165, 1.54) is 24.3 Å². The van der Waals surface area contributed by atoms with Gasteiger partial charge in [0.25, 0.3) is 0 Å². The summed E-state index contributed by atoms with van der Waals surface area (Å²) in [7, 11) is 3.13. The number of rotatable bonds is 7. The van der Waals surface area contributed by atoms with Crippen molar-refractivity contribution in [3.05, 3.63) is 53.6 Å². The average Bonchev–Trinajstić information content (AvgIpc) is 3.02. The zero-order chi connectivity index (χ0) is 21.9. The SMILES string of the molecule is CCC1CC(c2c(OC)cccc2OC)N(Cc2ccc(OC(F)(F)F)cc2)C1=O. The predicted octanol–water partition coefficient (Wildman–Crippen LogP) is 5.10. The van der Waals surface area contributed by atoms with Crippen molar-refractivity contribution < 1.29 is 32.2 Å². The highest BCUT2D eigenvalue weighted by molar-refractivity contribution is 5.82. The van der Waals surface area contributed by atoms with Gasteiger partial charge in [-0.1, -0.05) is 25.1 Å². The van der Waals surface area contributed by atoms with Gasteiger partial charge in [-0.25, -0.2) is 0 Å². The fourth-order valence-corrected chi connectivity index (χ4v) is 3.89. The van der Waals surface area contributed by atoms with Crippen LogP contribution in [-0.2, 0) is 11.3 Å². The first-order valence-electron chi connectivity index (χ1n) is 9.63.